The molecule has 17 heteroatoms. The Morgan fingerprint density at radius 3 is 1.51 bits per heavy atom. The third kappa shape index (κ3) is 15.9. The van der Waals surface area contributed by atoms with Crippen LogP contribution in [0.2, 0.25) is 0 Å². The summed E-state index contributed by atoms with van der Waals surface area (Å²) in [4.78, 5) is 48.5. The van der Waals surface area contributed by atoms with Gasteiger partial charge in [0.1, 0.15) is 18.2 Å². The van der Waals surface area contributed by atoms with E-state index >= 15 is 0 Å². The quantitative estimate of drug-likeness (QED) is 0.130. The number of halogens is 3. The second-order valence-electron chi connectivity index (χ2n) is 9.50. The molecule has 0 bridgehead atoms. The lowest BCUT2D eigenvalue weighted by Crippen LogP contribution is -2.59. The molecule has 0 unspecified atom stereocenters. The average Bonchev–Trinajstić information content (AvgIpc) is 2.86. The Labute approximate surface area is 279 Å². The first kappa shape index (κ1) is 43.6. The first-order valence-electron chi connectivity index (χ1n) is 13.2. The Kier molecular flexibility index (Phi) is 22.4. The summed E-state index contributed by atoms with van der Waals surface area (Å²) in [7, 11) is 0. The Hall–Kier alpha value is -1.48. The molecule has 0 amide bonds. The van der Waals surface area contributed by atoms with Gasteiger partial charge in [0.15, 0.2) is 9.82 Å². The molecular weight excluding hydrogens is 671 g/mol. The third-order valence-electron chi connectivity index (χ3n) is 6.31. The van der Waals surface area contributed by atoms with Crippen molar-refractivity contribution in [3.63, 3.8) is 0 Å². The fourth-order valence-electron chi connectivity index (χ4n) is 4.57. The van der Waals surface area contributed by atoms with E-state index in [-0.39, 0.29) is 40.2 Å². The first-order valence-corrected chi connectivity index (χ1v) is 14.7. The van der Waals surface area contributed by atoms with Crippen LogP contribution < -0.4 is 5.73 Å². The van der Waals surface area contributed by atoms with Crippen LogP contribution in [-0.4, -0.2) is 81.9 Å². The Balaban J connectivity index is 0. The fourth-order valence-corrected chi connectivity index (χ4v) is 4.69. The lowest BCUT2D eigenvalue weighted by atomic mass is 9.88. The molecule has 0 aromatic carbocycles. The summed E-state index contributed by atoms with van der Waals surface area (Å²) in [6.07, 6.45) is -1.79. The minimum absolute atomic E-state index is 0. The molecule has 2 N–H and O–H groups in total. The number of nitrogens with two attached hydrogens (primary N) is 1. The average molecular weight is 712 g/mol. The van der Waals surface area contributed by atoms with Gasteiger partial charge in [0.05, 0.1) is 17.4 Å². The van der Waals surface area contributed by atoms with Crippen LogP contribution in [0.1, 0.15) is 68.2 Å². The molecule has 2 fully saturated rings. The van der Waals surface area contributed by atoms with Gasteiger partial charge in [-0.2, -0.15) is 0 Å². The van der Waals surface area contributed by atoms with Crippen molar-refractivity contribution in [2.75, 3.05) is 0 Å². The number of carbonyl (C=O) groups is 4. The molecule has 2 aliphatic heterocycles. The van der Waals surface area contributed by atoms with Gasteiger partial charge in [-0.3, -0.25) is 19.2 Å². The number of ether oxygens (including phenoxy) is 6. The molecule has 43 heavy (non-hydrogen) atoms. The van der Waals surface area contributed by atoms with E-state index in [1.165, 1.54) is 27.7 Å². The minimum Gasteiger partial charge on any atom is -0.460 e. The molecule has 10 atom stereocenters. The smallest absolute Gasteiger partial charge is 0.305 e. The number of nitrogens with zero attached hydrogens (tertiary/aromatic N) is 1. The number of carbonyl (C=O) groups excluding carboxylic acids is 4. The van der Waals surface area contributed by atoms with Crippen molar-refractivity contribution in [2.45, 2.75) is 117 Å². The number of hydrogen-bond acceptors (Lipinski definition) is 14. The van der Waals surface area contributed by atoms with Crippen LogP contribution in [0.15, 0.2) is 4.99 Å². The normalized spacial score (nSPS) is 31.0. The highest BCUT2D eigenvalue weighted by Gasteiger charge is 2.47. The maximum absolute atomic E-state index is 11.3. The molecule has 2 aliphatic rings. The van der Waals surface area contributed by atoms with E-state index in [1.54, 1.807) is 0 Å². The van der Waals surface area contributed by atoms with Gasteiger partial charge in [-0.25, -0.2) is 4.99 Å². The number of hydrogen-bond donors (Lipinski definition) is 1. The number of rotatable bonds is 7. The molecule has 0 aliphatic carbocycles. The van der Waals surface area contributed by atoms with Crippen LogP contribution in [0, 0.1) is 11.8 Å². The summed E-state index contributed by atoms with van der Waals surface area (Å²) in [6.45, 7) is 12.9. The van der Waals surface area contributed by atoms with Gasteiger partial charge in [-0.15, -0.1) is 12.4 Å². The van der Waals surface area contributed by atoms with E-state index in [4.69, 9.17) is 57.4 Å². The molecule has 0 aromatic rings. The van der Waals surface area contributed by atoms with Crippen LogP contribution in [0.25, 0.3) is 0 Å². The highest BCUT2D eigenvalue weighted by atomic mass is 35.5. The van der Waals surface area contributed by atoms with Crippen LogP contribution in [0.4, 0.5) is 0 Å². The summed E-state index contributed by atoms with van der Waals surface area (Å²) in [5.74, 6) is -1.93. The van der Waals surface area contributed by atoms with Gasteiger partial charge < -0.3 is 34.2 Å². The minimum atomic E-state index is -0.923. The number of thiocarbonyl (C=S) groups is 2. The van der Waals surface area contributed by atoms with Gasteiger partial charge >= 0.3 is 23.9 Å². The molecule has 2 saturated heterocycles. The largest absolute Gasteiger partial charge is 0.460 e. The Morgan fingerprint density at radius 1 is 0.791 bits per heavy atom. The van der Waals surface area contributed by atoms with E-state index in [2.05, 4.69) is 34.6 Å². The van der Waals surface area contributed by atoms with Crippen molar-refractivity contribution >= 4 is 92.9 Å². The zero-order valence-electron chi connectivity index (χ0n) is 25.3. The van der Waals surface area contributed by atoms with Crippen molar-refractivity contribution < 1.29 is 47.6 Å². The zero-order valence-corrected chi connectivity index (χ0v) is 29.2. The van der Waals surface area contributed by atoms with Crippen molar-refractivity contribution in [1.82, 2.24) is 0 Å². The topological polar surface area (TPSA) is 162 Å². The zero-order chi connectivity index (χ0) is 32.7. The van der Waals surface area contributed by atoms with Gasteiger partial charge in [0, 0.05) is 39.5 Å². The molecule has 0 saturated carbocycles. The van der Waals surface area contributed by atoms with E-state index in [0.29, 0.717) is 6.42 Å². The van der Waals surface area contributed by atoms with E-state index in [0.717, 1.165) is 6.42 Å². The number of isothiocyanates is 1. The van der Waals surface area contributed by atoms with E-state index in [1.807, 2.05) is 27.7 Å². The fraction of sp³-hybridized carbons (Fsp3) is 0.769. The SMILES string of the molecule is CC[C@H]1O[C@@H](OC(C)=O)[C@H](N)[C@@H](OC(C)=O)[C@@H]1C.CC[C@H]1O[C@@H](OC(C)=O)[C@H](N=C=S)[C@@H](OC(C)=O)[C@@H]1C.Cl.S=C(Cl)Cl. The first-order chi connectivity index (χ1) is 19.5. The molecule has 2 heterocycles. The highest BCUT2D eigenvalue weighted by molar-refractivity contribution is 7.86. The van der Waals surface area contributed by atoms with Crippen molar-refractivity contribution in [3.8, 4) is 0 Å². The van der Waals surface area contributed by atoms with Crippen LogP contribution >= 0.6 is 60.0 Å². The second kappa shape index (κ2) is 22.1. The van der Waals surface area contributed by atoms with Crippen molar-refractivity contribution in [1.29, 1.82) is 0 Å². The lowest BCUT2D eigenvalue weighted by molar-refractivity contribution is -0.242. The summed E-state index contributed by atoms with van der Waals surface area (Å²) < 4.78 is 32.0. The van der Waals surface area contributed by atoms with Crippen LogP contribution in [-0.2, 0) is 47.6 Å². The maximum atomic E-state index is 11.3. The van der Waals surface area contributed by atoms with Crippen molar-refractivity contribution in [2.24, 2.45) is 22.6 Å². The molecule has 2 rings (SSSR count). The van der Waals surface area contributed by atoms with E-state index < -0.39 is 60.7 Å². The maximum Gasteiger partial charge on any atom is 0.305 e. The van der Waals surface area contributed by atoms with E-state index in [9.17, 15) is 19.2 Å². The molecule has 12 nitrogen and oxygen atoms in total. The predicted molar refractivity (Wildman–Crippen MR) is 169 cm³/mol. The molecule has 248 valence electrons. The second-order valence-corrected chi connectivity index (χ2v) is 11.5. The predicted octanol–water partition coefficient (Wildman–Crippen LogP) is 4.47. The summed E-state index contributed by atoms with van der Waals surface area (Å²) in [6, 6.07) is -1.37. The van der Waals surface area contributed by atoms with Gasteiger partial charge in [0.25, 0.3) is 0 Å². The summed E-state index contributed by atoms with van der Waals surface area (Å²) in [5.41, 5.74) is 5.95. The molecular formula is C26H41Cl3N2O10S2. The molecule has 0 spiro atoms. The Bertz CT molecular complexity index is 985. The third-order valence-corrected chi connectivity index (χ3v) is 6.42. The molecule has 0 aromatic heterocycles. The van der Waals surface area contributed by atoms with Crippen molar-refractivity contribution in [3.05, 3.63) is 0 Å². The van der Waals surface area contributed by atoms with Gasteiger partial charge in [-0.05, 0) is 25.1 Å². The lowest BCUT2D eigenvalue weighted by Gasteiger charge is -2.42. The summed E-state index contributed by atoms with van der Waals surface area (Å²) in [5, 5.41) is 2.24. The highest BCUT2D eigenvalue weighted by Crippen LogP contribution is 2.32. The number of aliphatic imine (C=N–C) groups is 1. The number of esters is 4. The standard InChI is InChI=1S/C13H19NO5S.C12H21NO5.CCl2S.ClH/c1-5-10-7(2)12(17-8(3)15)11(14-6-20)13(19-10)18-9(4)16;1-5-9-6(2)11(16-7(3)14)10(13)12(18-9)17-8(4)15;2-1(3)4;/h7,10-13H,5H2,1-4H3;6,9-12H,5,13H2,1-4H3;;1H/t7-,10-,11-,12+,13-;6-,9-,10-,11+,12-;;/m11../s1. The van der Waals surface area contributed by atoms with Crippen LogP contribution in [0.3, 0.4) is 0 Å². The monoisotopic (exact) mass is 710 g/mol. The summed E-state index contributed by atoms with van der Waals surface area (Å²) >= 11 is 18.2. The van der Waals surface area contributed by atoms with Gasteiger partial charge in [0.2, 0.25) is 12.6 Å². The molecule has 0 radical (unpaired) electrons. The van der Waals surface area contributed by atoms with Gasteiger partial charge in [-0.1, -0.05) is 63.1 Å². The Morgan fingerprint density at radius 2 is 1.14 bits per heavy atom. The van der Waals surface area contributed by atoms with Crippen LogP contribution in [0.5, 0.6) is 0 Å².